The maximum Gasteiger partial charge on any atom is 0.339 e. The van der Waals surface area contributed by atoms with E-state index in [1.54, 1.807) is 0 Å². The molecule has 0 saturated heterocycles. The molecule has 4 nitrogen and oxygen atoms in total. The molecule has 0 aliphatic heterocycles. The van der Waals surface area contributed by atoms with Crippen LogP contribution in [-0.4, -0.2) is 6.03 Å². The number of amides is 2. The summed E-state index contributed by atoms with van der Waals surface area (Å²) in [5.74, 6) is 0. The number of benzene rings is 2. The van der Waals surface area contributed by atoms with E-state index in [1.165, 1.54) is 0 Å². The number of urea groups is 1. The van der Waals surface area contributed by atoms with Gasteiger partial charge in [0.15, 0.2) is 0 Å². The van der Waals surface area contributed by atoms with Crippen molar-refractivity contribution in [3.63, 3.8) is 0 Å². The van der Waals surface area contributed by atoms with Crippen LogP contribution in [0.3, 0.4) is 0 Å². The third-order valence-electron chi connectivity index (χ3n) is 2.97. The van der Waals surface area contributed by atoms with Gasteiger partial charge in [0.2, 0.25) is 0 Å². The maximum atomic E-state index is 11.8. The van der Waals surface area contributed by atoms with Crippen LogP contribution < -0.4 is 10.8 Å². The highest BCUT2D eigenvalue weighted by atomic mass is 79.9. The number of rotatable bonds is 5. The topological polar surface area (TPSA) is 50.4 Å². The zero-order chi connectivity index (χ0) is 15.1. The molecule has 0 aliphatic carbocycles. The molecule has 2 aromatic rings. The van der Waals surface area contributed by atoms with E-state index in [-0.39, 0.29) is 12.1 Å². The van der Waals surface area contributed by atoms with Crippen molar-refractivity contribution in [3.05, 3.63) is 70.2 Å². The quantitative estimate of drug-likeness (QED) is 0.804. The van der Waals surface area contributed by atoms with E-state index < -0.39 is 0 Å². The molecule has 1 atom stereocenters. The molecular formula is C16H17BrN2O2. The van der Waals surface area contributed by atoms with E-state index in [2.05, 4.69) is 26.7 Å². The van der Waals surface area contributed by atoms with E-state index in [0.717, 1.165) is 15.6 Å². The Hall–Kier alpha value is -1.85. The molecule has 0 spiro atoms. The van der Waals surface area contributed by atoms with E-state index in [9.17, 15) is 4.79 Å². The van der Waals surface area contributed by atoms with Gasteiger partial charge >= 0.3 is 6.03 Å². The summed E-state index contributed by atoms with van der Waals surface area (Å²) in [5, 5.41) is 2.82. The highest BCUT2D eigenvalue weighted by molar-refractivity contribution is 9.10. The third kappa shape index (κ3) is 4.88. The number of nitrogens with one attached hydrogen (secondary N) is 2. The number of hydrogen-bond acceptors (Lipinski definition) is 2. The fraction of sp³-hybridized carbons (Fsp3) is 0.188. The van der Waals surface area contributed by atoms with Crippen LogP contribution in [0.4, 0.5) is 4.79 Å². The molecule has 0 fully saturated rings. The van der Waals surface area contributed by atoms with Crippen molar-refractivity contribution >= 4 is 22.0 Å². The summed E-state index contributed by atoms with van der Waals surface area (Å²) >= 11 is 3.47. The number of carbonyl (C=O) groups is 1. The van der Waals surface area contributed by atoms with Crippen molar-refractivity contribution in [2.24, 2.45) is 0 Å². The summed E-state index contributed by atoms with van der Waals surface area (Å²) in [6, 6.07) is 16.9. The van der Waals surface area contributed by atoms with Crippen LogP contribution in [0.15, 0.2) is 59.1 Å². The minimum Gasteiger partial charge on any atom is -0.330 e. The molecule has 2 rings (SSSR count). The fourth-order valence-electron chi connectivity index (χ4n) is 1.89. The molecule has 2 aromatic carbocycles. The van der Waals surface area contributed by atoms with Crippen molar-refractivity contribution in [2.75, 3.05) is 0 Å². The largest absolute Gasteiger partial charge is 0.339 e. The molecule has 0 saturated carbocycles. The molecule has 0 heterocycles. The van der Waals surface area contributed by atoms with Gasteiger partial charge in [-0.3, -0.25) is 4.84 Å². The second kappa shape index (κ2) is 7.81. The smallest absolute Gasteiger partial charge is 0.330 e. The number of halogens is 1. The number of hydroxylamine groups is 1. The van der Waals surface area contributed by atoms with E-state index >= 15 is 0 Å². The highest BCUT2D eigenvalue weighted by Crippen LogP contribution is 2.22. The zero-order valence-electron chi connectivity index (χ0n) is 11.7. The zero-order valence-corrected chi connectivity index (χ0v) is 13.3. The SMILES string of the molecule is CC(NC(=O)NOCc1ccccc1)c1ccccc1Br. The van der Waals surface area contributed by atoms with E-state index in [1.807, 2.05) is 61.5 Å². The van der Waals surface area contributed by atoms with Crippen molar-refractivity contribution in [1.82, 2.24) is 10.8 Å². The Morgan fingerprint density at radius 1 is 1.14 bits per heavy atom. The molecule has 110 valence electrons. The van der Waals surface area contributed by atoms with Crippen molar-refractivity contribution in [1.29, 1.82) is 0 Å². The van der Waals surface area contributed by atoms with E-state index in [4.69, 9.17) is 4.84 Å². The van der Waals surface area contributed by atoms with Crippen LogP contribution in [0.5, 0.6) is 0 Å². The van der Waals surface area contributed by atoms with Gasteiger partial charge in [-0.25, -0.2) is 10.3 Å². The third-order valence-corrected chi connectivity index (χ3v) is 3.69. The molecule has 2 amide bonds. The lowest BCUT2D eigenvalue weighted by Crippen LogP contribution is -2.37. The lowest BCUT2D eigenvalue weighted by molar-refractivity contribution is 0.0483. The Kier molecular flexibility index (Phi) is 5.78. The second-order valence-corrected chi connectivity index (χ2v) is 5.45. The van der Waals surface area contributed by atoms with Gasteiger partial charge < -0.3 is 5.32 Å². The average molecular weight is 349 g/mol. The molecule has 5 heteroatoms. The lowest BCUT2D eigenvalue weighted by atomic mass is 10.1. The lowest BCUT2D eigenvalue weighted by Gasteiger charge is -2.16. The molecule has 2 N–H and O–H groups in total. The Morgan fingerprint density at radius 2 is 1.81 bits per heavy atom. The normalized spacial score (nSPS) is 11.7. The molecule has 0 bridgehead atoms. The van der Waals surface area contributed by atoms with Gasteiger partial charge in [0, 0.05) is 4.47 Å². The van der Waals surface area contributed by atoms with Gasteiger partial charge in [-0.15, -0.1) is 0 Å². The first-order chi connectivity index (χ1) is 10.2. The predicted molar refractivity (Wildman–Crippen MR) is 85.5 cm³/mol. The van der Waals surface area contributed by atoms with Crippen LogP contribution >= 0.6 is 15.9 Å². The predicted octanol–water partition coefficient (Wildman–Crippen LogP) is 3.94. The van der Waals surface area contributed by atoms with Gasteiger partial charge in [0.05, 0.1) is 12.6 Å². The molecule has 0 aromatic heterocycles. The molecule has 0 aliphatic rings. The summed E-state index contributed by atoms with van der Waals surface area (Å²) in [6.45, 7) is 2.24. The monoisotopic (exact) mass is 348 g/mol. The first-order valence-corrected chi connectivity index (χ1v) is 7.43. The van der Waals surface area contributed by atoms with Gasteiger partial charge in [0.25, 0.3) is 0 Å². The molecular weight excluding hydrogens is 332 g/mol. The Bertz CT molecular complexity index is 590. The van der Waals surface area contributed by atoms with Gasteiger partial charge in [-0.2, -0.15) is 0 Å². The molecule has 0 radical (unpaired) electrons. The van der Waals surface area contributed by atoms with Crippen molar-refractivity contribution < 1.29 is 9.63 Å². The minimum absolute atomic E-state index is 0.124. The first kappa shape index (κ1) is 15.5. The summed E-state index contributed by atoms with van der Waals surface area (Å²) in [7, 11) is 0. The van der Waals surface area contributed by atoms with Gasteiger partial charge in [-0.05, 0) is 24.1 Å². The van der Waals surface area contributed by atoms with Crippen LogP contribution in [0.25, 0.3) is 0 Å². The Balaban J connectivity index is 1.78. The summed E-state index contributed by atoms with van der Waals surface area (Å²) < 4.78 is 0.961. The standard InChI is InChI=1S/C16H17BrN2O2/c1-12(14-9-5-6-10-15(14)17)18-16(20)19-21-11-13-7-3-2-4-8-13/h2-10,12H,11H2,1H3,(H2,18,19,20). The average Bonchev–Trinajstić information content (AvgIpc) is 2.48. The van der Waals surface area contributed by atoms with Gasteiger partial charge in [-0.1, -0.05) is 64.5 Å². The fourth-order valence-corrected chi connectivity index (χ4v) is 2.52. The Morgan fingerprint density at radius 3 is 2.52 bits per heavy atom. The summed E-state index contributed by atoms with van der Waals surface area (Å²) in [5.41, 5.74) is 4.39. The summed E-state index contributed by atoms with van der Waals surface area (Å²) in [4.78, 5) is 16.9. The minimum atomic E-state index is -0.366. The second-order valence-electron chi connectivity index (χ2n) is 4.59. The van der Waals surface area contributed by atoms with Crippen LogP contribution in [0, 0.1) is 0 Å². The van der Waals surface area contributed by atoms with Crippen molar-refractivity contribution in [2.45, 2.75) is 19.6 Å². The maximum absolute atomic E-state index is 11.8. The van der Waals surface area contributed by atoms with Gasteiger partial charge in [0.1, 0.15) is 0 Å². The Labute approximate surface area is 132 Å². The van der Waals surface area contributed by atoms with Crippen LogP contribution in [0.2, 0.25) is 0 Å². The van der Waals surface area contributed by atoms with E-state index in [0.29, 0.717) is 6.61 Å². The van der Waals surface area contributed by atoms with Crippen LogP contribution in [0.1, 0.15) is 24.1 Å². The highest BCUT2D eigenvalue weighted by Gasteiger charge is 2.11. The first-order valence-electron chi connectivity index (χ1n) is 6.63. The molecule has 21 heavy (non-hydrogen) atoms. The van der Waals surface area contributed by atoms with Crippen molar-refractivity contribution in [3.8, 4) is 0 Å². The molecule has 1 unspecified atom stereocenters. The van der Waals surface area contributed by atoms with Crippen LogP contribution in [-0.2, 0) is 11.4 Å². The summed E-state index contributed by atoms with van der Waals surface area (Å²) in [6.07, 6.45) is 0. The number of carbonyl (C=O) groups excluding carboxylic acids is 1. The number of hydrogen-bond donors (Lipinski definition) is 2.